The number of aromatic nitrogens is 3. The molecule has 174 valence electrons. The molecule has 3 aromatic rings. The SMILES string of the molecule is CN(C)S(=O)(=O)c1ccc(SCC(=O)c2c(N)n(Cc3ccccc3)c(=O)n(C)c2=O)nc1. The van der Waals surface area contributed by atoms with Crippen molar-refractivity contribution in [3.8, 4) is 0 Å². The Balaban J connectivity index is 1.85. The topological polar surface area (TPSA) is 137 Å². The molecule has 0 atom stereocenters. The molecule has 0 radical (unpaired) electrons. The van der Waals surface area contributed by atoms with Crippen LogP contribution in [-0.2, 0) is 23.6 Å². The second kappa shape index (κ2) is 9.73. The second-order valence-electron chi connectivity index (χ2n) is 7.31. The standard InChI is InChI=1S/C21H23N5O5S2/c1-24(2)33(30,31)15-9-10-17(23-11-15)32-13-16(27)18-19(22)26(21(29)25(3)20(18)28)12-14-7-5-4-6-8-14/h4-11H,12-13,22H2,1-3H3. The summed E-state index contributed by atoms with van der Waals surface area (Å²) in [6.07, 6.45) is 1.20. The Hall–Kier alpha value is -3.22. The lowest BCUT2D eigenvalue weighted by Crippen LogP contribution is -2.43. The highest BCUT2D eigenvalue weighted by atomic mass is 32.2. The summed E-state index contributed by atoms with van der Waals surface area (Å²) < 4.78 is 27.4. The van der Waals surface area contributed by atoms with Gasteiger partial charge < -0.3 is 5.73 Å². The van der Waals surface area contributed by atoms with Crippen LogP contribution in [0.15, 0.2) is 68.2 Å². The Morgan fingerprint density at radius 3 is 2.36 bits per heavy atom. The maximum absolute atomic E-state index is 12.9. The molecule has 0 aliphatic rings. The first kappa shape index (κ1) is 24.4. The molecule has 2 heterocycles. The Kier molecular flexibility index (Phi) is 7.20. The zero-order chi connectivity index (χ0) is 24.3. The van der Waals surface area contributed by atoms with Crippen LogP contribution in [0.2, 0.25) is 0 Å². The average molecular weight is 490 g/mol. The molecule has 0 bridgehead atoms. The molecule has 0 saturated heterocycles. The molecule has 0 fully saturated rings. The van der Waals surface area contributed by atoms with Crippen molar-refractivity contribution in [1.82, 2.24) is 18.4 Å². The van der Waals surface area contributed by atoms with Crippen molar-refractivity contribution in [3.63, 3.8) is 0 Å². The van der Waals surface area contributed by atoms with E-state index in [1.807, 2.05) is 18.2 Å². The van der Waals surface area contributed by atoms with Crippen molar-refractivity contribution in [2.45, 2.75) is 16.5 Å². The molecule has 0 aliphatic carbocycles. The van der Waals surface area contributed by atoms with Crippen LogP contribution >= 0.6 is 11.8 Å². The third-order valence-corrected chi connectivity index (χ3v) is 7.63. The largest absolute Gasteiger partial charge is 0.384 e. The number of thioether (sulfide) groups is 1. The molecule has 3 rings (SSSR count). The highest BCUT2D eigenvalue weighted by Crippen LogP contribution is 2.20. The fourth-order valence-corrected chi connectivity index (χ4v) is 4.55. The van der Waals surface area contributed by atoms with Gasteiger partial charge in [0.15, 0.2) is 5.78 Å². The molecule has 2 aromatic heterocycles. The van der Waals surface area contributed by atoms with Crippen LogP contribution in [0, 0.1) is 0 Å². The first-order valence-corrected chi connectivity index (χ1v) is 12.1. The molecule has 1 aromatic carbocycles. The summed E-state index contributed by atoms with van der Waals surface area (Å²) in [5, 5.41) is 0.397. The predicted octanol–water partition coefficient (Wildman–Crippen LogP) is 0.798. The average Bonchev–Trinajstić information content (AvgIpc) is 2.80. The predicted molar refractivity (Wildman–Crippen MR) is 126 cm³/mol. The number of nitrogens with two attached hydrogens (primary N) is 1. The summed E-state index contributed by atoms with van der Waals surface area (Å²) in [5.74, 6) is -0.930. The lowest BCUT2D eigenvalue weighted by molar-refractivity contribution is 0.102. The lowest BCUT2D eigenvalue weighted by Gasteiger charge is -2.14. The van der Waals surface area contributed by atoms with Crippen LogP contribution in [0.3, 0.4) is 0 Å². The first-order valence-electron chi connectivity index (χ1n) is 9.72. The number of benzene rings is 1. The van der Waals surface area contributed by atoms with Crippen molar-refractivity contribution < 1.29 is 13.2 Å². The highest BCUT2D eigenvalue weighted by Gasteiger charge is 2.22. The molecule has 0 spiro atoms. The Labute approximate surface area is 194 Å². The van der Waals surface area contributed by atoms with E-state index in [0.717, 1.165) is 26.2 Å². The van der Waals surface area contributed by atoms with E-state index in [9.17, 15) is 22.8 Å². The van der Waals surface area contributed by atoms with Crippen LogP contribution < -0.4 is 17.0 Å². The smallest absolute Gasteiger partial charge is 0.332 e. The number of hydrogen-bond acceptors (Lipinski definition) is 8. The summed E-state index contributed by atoms with van der Waals surface area (Å²) in [6.45, 7) is 0.108. The maximum Gasteiger partial charge on any atom is 0.332 e. The molecule has 0 unspecified atom stereocenters. The van der Waals surface area contributed by atoms with Gasteiger partial charge in [-0.15, -0.1) is 0 Å². The van der Waals surface area contributed by atoms with E-state index in [-0.39, 0.29) is 28.6 Å². The third kappa shape index (κ3) is 5.07. The minimum absolute atomic E-state index is 0.0225. The van der Waals surface area contributed by atoms with E-state index in [2.05, 4.69) is 4.98 Å². The highest BCUT2D eigenvalue weighted by molar-refractivity contribution is 7.99. The van der Waals surface area contributed by atoms with Gasteiger partial charge in [0.05, 0.1) is 17.3 Å². The van der Waals surface area contributed by atoms with E-state index >= 15 is 0 Å². The number of nitrogens with zero attached hydrogens (tertiary/aromatic N) is 4. The lowest BCUT2D eigenvalue weighted by atomic mass is 10.2. The number of rotatable bonds is 8. The minimum atomic E-state index is -3.62. The van der Waals surface area contributed by atoms with Crippen molar-refractivity contribution in [1.29, 1.82) is 0 Å². The number of hydrogen-bond donors (Lipinski definition) is 1. The Bertz CT molecular complexity index is 1400. The van der Waals surface area contributed by atoms with Crippen LogP contribution in [0.1, 0.15) is 15.9 Å². The summed E-state index contributed by atoms with van der Waals surface area (Å²) in [4.78, 5) is 42.2. The Morgan fingerprint density at radius 2 is 1.79 bits per heavy atom. The van der Waals surface area contributed by atoms with E-state index < -0.39 is 27.1 Å². The van der Waals surface area contributed by atoms with Crippen molar-refractivity contribution >= 4 is 33.4 Å². The summed E-state index contributed by atoms with van der Waals surface area (Å²) in [6, 6.07) is 11.9. The van der Waals surface area contributed by atoms with Gasteiger partial charge in [-0.1, -0.05) is 42.1 Å². The van der Waals surface area contributed by atoms with E-state index in [0.29, 0.717) is 5.03 Å². The second-order valence-corrected chi connectivity index (χ2v) is 10.5. The van der Waals surface area contributed by atoms with Gasteiger partial charge in [-0.2, -0.15) is 0 Å². The number of nitrogen functional groups attached to an aromatic ring is 1. The Morgan fingerprint density at radius 1 is 1.12 bits per heavy atom. The summed E-state index contributed by atoms with van der Waals surface area (Å²) >= 11 is 1.03. The van der Waals surface area contributed by atoms with Crippen LogP contribution in [0.5, 0.6) is 0 Å². The number of ketones is 1. The molecule has 0 amide bonds. The molecular weight excluding hydrogens is 466 g/mol. The van der Waals surface area contributed by atoms with Gasteiger partial charge >= 0.3 is 5.69 Å². The van der Waals surface area contributed by atoms with E-state index in [4.69, 9.17) is 5.73 Å². The van der Waals surface area contributed by atoms with Crippen molar-refractivity contribution in [2.75, 3.05) is 25.6 Å². The molecule has 12 heteroatoms. The van der Waals surface area contributed by atoms with Gasteiger partial charge in [0.25, 0.3) is 5.56 Å². The molecule has 33 heavy (non-hydrogen) atoms. The number of Topliss-reactive ketones (excluding diaryl/α,β-unsaturated/α-hetero) is 1. The van der Waals surface area contributed by atoms with Gasteiger partial charge in [0, 0.05) is 27.3 Å². The number of sulfonamides is 1. The van der Waals surface area contributed by atoms with Gasteiger partial charge in [-0.25, -0.2) is 22.5 Å². The minimum Gasteiger partial charge on any atom is -0.384 e. The molecule has 2 N–H and O–H groups in total. The first-order chi connectivity index (χ1) is 15.5. The number of carbonyl (C=O) groups excluding carboxylic acids is 1. The zero-order valence-corrected chi connectivity index (χ0v) is 19.9. The molecule has 0 saturated carbocycles. The van der Waals surface area contributed by atoms with E-state index in [1.165, 1.54) is 44.0 Å². The van der Waals surface area contributed by atoms with Crippen LogP contribution in [-0.4, -0.2) is 52.5 Å². The number of carbonyl (C=O) groups is 1. The van der Waals surface area contributed by atoms with E-state index in [1.54, 1.807) is 12.1 Å². The van der Waals surface area contributed by atoms with Gasteiger partial charge in [-0.05, 0) is 17.7 Å². The van der Waals surface area contributed by atoms with Crippen molar-refractivity contribution in [3.05, 3.63) is 80.6 Å². The van der Waals surface area contributed by atoms with Gasteiger partial charge in [0.2, 0.25) is 10.0 Å². The van der Waals surface area contributed by atoms with Crippen molar-refractivity contribution in [2.24, 2.45) is 7.05 Å². The number of anilines is 1. The van der Waals surface area contributed by atoms with Crippen LogP contribution in [0.4, 0.5) is 5.82 Å². The molecule has 10 nitrogen and oxygen atoms in total. The summed E-state index contributed by atoms with van der Waals surface area (Å²) in [5.41, 5.74) is 5.22. The normalized spacial score (nSPS) is 11.6. The number of pyridine rings is 1. The molecular formula is C21H23N5O5S2. The van der Waals surface area contributed by atoms with Gasteiger partial charge in [-0.3, -0.25) is 18.7 Å². The zero-order valence-electron chi connectivity index (χ0n) is 18.3. The van der Waals surface area contributed by atoms with Crippen LogP contribution in [0.25, 0.3) is 0 Å². The third-order valence-electron chi connectivity index (χ3n) is 4.88. The molecule has 0 aliphatic heterocycles. The quantitative estimate of drug-likeness (QED) is 0.362. The fourth-order valence-electron chi connectivity index (χ4n) is 2.99. The fraction of sp³-hybridized carbons (Fsp3) is 0.238. The maximum atomic E-state index is 12.9. The van der Waals surface area contributed by atoms with Gasteiger partial charge in [0.1, 0.15) is 16.3 Å². The monoisotopic (exact) mass is 489 g/mol. The summed E-state index contributed by atoms with van der Waals surface area (Å²) in [7, 11) is 0.507.